The summed E-state index contributed by atoms with van der Waals surface area (Å²) < 4.78 is 0.289. The predicted molar refractivity (Wildman–Crippen MR) is 111 cm³/mol. The Balaban J connectivity index is 1.89. The van der Waals surface area contributed by atoms with Crippen molar-refractivity contribution in [2.45, 2.75) is 12.5 Å². The molecule has 1 fully saturated rings. The summed E-state index contributed by atoms with van der Waals surface area (Å²) in [6.45, 7) is 0. The normalized spacial score (nSPS) is 17.3. The molecule has 1 aliphatic rings. The minimum absolute atomic E-state index is 0.289. The SMILES string of the molecule is CSCCC(C(=O)O)N1C(=O)/C(=C/c2ccc3ncccc3c2)SC1=S. The van der Waals surface area contributed by atoms with E-state index in [1.165, 1.54) is 4.90 Å². The molecule has 1 amide bonds. The van der Waals surface area contributed by atoms with E-state index >= 15 is 0 Å². The molecule has 1 aromatic carbocycles. The molecule has 0 spiro atoms. The van der Waals surface area contributed by atoms with Gasteiger partial charge in [0.1, 0.15) is 10.4 Å². The smallest absolute Gasteiger partial charge is 0.326 e. The van der Waals surface area contributed by atoms with Crippen LogP contribution in [-0.2, 0) is 9.59 Å². The van der Waals surface area contributed by atoms with Gasteiger partial charge in [-0.05, 0) is 48.3 Å². The maximum absolute atomic E-state index is 12.8. The van der Waals surface area contributed by atoms with Crippen molar-refractivity contribution < 1.29 is 14.7 Å². The molecule has 26 heavy (non-hydrogen) atoms. The fourth-order valence-electron chi connectivity index (χ4n) is 2.68. The molecule has 5 nitrogen and oxygen atoms in total. The lowest BCUT2D eigenvalue weighted by Gasteiger charge is -2.22. The van der Waals surface area contributed by atoms with Gasteiger partial charge in [-0.25, -0.2) is 4.79 Å². The Morgan fingerprint density at radius 1 is 1.46 bits per heavy atom. The van der Waals surface area contributed by atoms with E-state index in [9.17, 15) is 14.7 Å². The van der Waals surface area contributed by atoms with Crippen LogP contribution < -0.4 is 0 Å². The quantitative estimate of drug-likeness (QED) is 0.582. The lowest BCUT2D eigenvalue weighted by atomic mass is 10.1. The summed E-state index contributed by atoms with van der Waals surface area (Å²) >= 11 is 7.97. The molecule has 1 saturated heterocycles. The number of carbonyl (C=O) groups is 2. The first kappa shape index (κ1) is 18.9. The molecule has 0 aliphatic carbocycles. The number of nitrogens with zero attached hydrogens (tertiary/aromatic N) is 2. The first-order valence-corrected chi connectivity index (χ1v) is 10.5. The maximum atomic E-state index is 12.8. The first-order chi connectivity index (χ1) is 12.5. The summed E-state index contributed by atoms with van der Waals surface area (Å²) in [7, 11) is 0. The molecule has 1 atom stereocenters. The zero-order valence-electron chi connectivity index (χ0n) is 13.9. The second-order valence-electron chi connectivity index (χ2n) is 5.64. The van der Waals surface area contributed by atoms with Crippen LogP contribution in [0.5, 0.6) is 0 Å². The average Bonchev–Trinajstić information content (AvgIpc) is 2.89. The van der Waals surface area contributed by atoms with Gasteiger partial charge < -0.3 is 5.11 Å². The standard InChI is InChI=1S/C18H16N2O3S3/c1-25-8-6-14(17(22)23)20-16(21)15(26-18(20)24)10-11-4-5-13-12(9-11)3-2-7-19-13/h2-5,7,9-10,14H,6,8H2,1H3,(H,22,23)/b15-10-. The molecule has 1 unspecified atom stereocenters. The van der Waals surface area contributed by atoms with Crippen molar-refractivity contribution in [1.82, 2.24) is 9.88 Å². The number of thiocarbonyl (C=S) groups is 1. The summed E-state index contributed by atoms with van der Waals surface area (Å²) in [6.07, 6.45) is 5.74. The highest BCUT2D eigenvalue weighted by molar-refractivity contribution is 8.26. The molecule has 134 valence electrons. The molecule has 1 aliphatic heterocycles. The van der Waals surface area contributed by atoms with Gasteiger partial charge in [-0.2, -0.15) is 11.8 Å². The number of thioether (sulfide) groups is 2. The van der Waals surface area contributed by atoms with E-state index in [4.69, 9.17) is 12.2 Å². The van der Waals surface area contributed by atoms with Crippen LogP contribution in [0.25, 0.3) is 17.0 Å². The minimum Gasteiger partial charge on any atom is -0.480 e. The topological polar surface area (TPSA) is 70.5 Å². The molecule has 2 aromatic rings. The second-order valence-corrected chi connectivity index (χ2v) is 8.30. The lowest BCUT2D eigenvalue weighted by Crippen LogP contribution is -2.44. The van der Waals surface area contributed by atoms with E-state index in [1.54, 1.807) is 24.0 Å². The number of carboxylic acid groups (broad SMARTS) is 1. The molecule has 0 radical (unpaired) electrons. The van der Waals surface area contributed by atoms with E-state index < -0.39 is 12.0 Å². The van der Waals surface area contributed by atoms with Crippen molar-refractivity contribution >= 4 is 68.9 Å². The van der Waals surface area contributed by atoms with E-state index in [0.717, 1.165) is 28.2 Å². The Labute approximate surface area is 164 Å². The first-order valence-electron chi connectivity index (χ1n) is 7.85. The van der Waals surface area contributed by atoms with Gasteiger partial charge in [0, 0.05) is 11.6 Å². The largest absolute Gasteiger partial charge is 0.480 e. The van der Waals surface area contributed by atoms with Crippen LogP contribution in [0.15, 0.2) is 41.4 Å². The van der Waals surface area contributed by atoms with Crippen molar-refractivity contribution in [3.05, 3.63) is 47.0 Å². The summed E-state index contributed by atoms with van der Waals surface area (Å²) in [5.74, 6) is -0.738. The Bertz CT molecular complexity index is 913. The molecular weight excluding hydrogens is 388 g/mol. The van der Waals surface area contributed by atoms with Crippen molar-refractivity contribution in [3.8, 4) is 0 Å². The van der Waals surface area contributed by atoms with Crippen LogP contribution >= 0.6 is 35.7 Å². The van der Waals surface area contributed by atoms with Gasteiger partial charge >= 0.3 is 5.97 Å². The van der Waals surface area contributed by atoms with Crippen LogP contribution in [0.3, 0.4) is 0 Å². The third-order valence-electron chi connectivity index (χ3n) is 3.94. The van der Waals surface area contributed by atoms with Gasteiger partial charge in [0.2, 0.25) is 0 Å². The zero-order valence-corrected chi connectivity index (χ0v) is 16.4. The van der Waals surface area contributed by atoms with E-state index in [0.29, 0.717) is 17.1 Å². The number of rotatable bonds is 6. The number of hydrogen-bond donors (Lipinski definition) is 1. The predicted octanol–water partition coefficient (Wildman–Crippen LogP) is 3.64. The lowest BCUT2D eigenvalue weighted by molar-refractivity contribution is -0.145. The van der Waals surface area contributed by atoms with Crippen LogP contribution in [-0.4, -0.2) is 49.2 Å². The van der Waals surface area contributed by atoms with Gasteiger partial charge in [-0.15, -0.1) is 0 Å². The molecule has 1 N–H and O–H groups in total. The number of aliphatic carboxylic acids is 1. The maximum Gasteiger partial charge on any atom is 0.326 e. The van der Waals surface area contributed by atoms with Gasteiger partial charge in [-0.1, -0.05) is 36.1 Å². The number of hydrogen-bond acceptors (Lipinski definition) is 6. The third-order valence-corrected chi connectivity index (χ3v) is 5.91. The number of aromatic nitrogens is 1. The number of pyridine rings is 1. The Morgan fingerprint density at radius 2 is 2.27 bits per heavy atom. The van der Waals surface area contributed by atoms with Crippen LogP contribution in [0.4, 0.5) is 0 Å². The highest BCUT2D eigenvalue weighted by Gasteiger charge is 2.40. The number of benzene rings is 1. The Morgan fingerprint density at radius 3 is 3.00 bits per heavy atom. The average molecular weight is 405 g/mol. The van der Waals surface area contributed by atoms with Crippen molar-refractivity contribution in [2.24, 2.45) is 0 Å². The van der Waals surface area contributed by atoms with Gasteiger partial charge in [0.15, 0.2) is 0 Å². The summed E-state index contributed by atoms with van der Waals surface area (Å²) in [4.78, 5) is 30.3. The summed E-state index contributed by atoms with van der Waals surface area (Å²) in [5, 5.41) is 10.5. The second kappa shape index (κ2) is 8.20. The van der Waals surface area contributed by atoms with Gasteiger partial charge in [0.05, 0.1) is 10.4 Å². The third kappa shape index (κ3) is 3.92. The van der Waals surface area contributed by atoms with Gasteiger partial charge in [0.25, 0.3) is 5.91 Å². The number of fused-ring (bicyclic) bond motifs is 1. The molecule has 1 aromatic heterocycles. The van der Waals surface area contributed by atoms with E-state index in [-0.39, 0.29) is 10.2 Å². The van der Waals surface area contributed by atoms with E-state index in [1.807, 2.05) is 36.6 Å². The zero-order chi connectivity index (χ0) is 18.7. The van der Waals surface area contributed by atoms with Gasteiger partial charge in [-0.3, -0.25) is 14.7 Å². The molecular formula is C18H16N2O3S3. The minimum atomic E-state index is -1.03. The fourth-order valence-corrected chi connectivity index (χ4v) is 4.49. The van der Waals surface area contributed by atoms with E-state index in [2.05, 4.69) is 4.98 Å². The number of amides is 1. The molecule has 8 heteroatoms. The van der Waals surface area contributed by atoms with Crippen LogP contribution in [0, 0.1) is 0 Å². The number of carbonyl (C=O) groups excluding carboxylic acids is 1. The molecule has 0 saturated carbocycles. The fraction of sp³-hybridized carbons (Fsp3) is 0.222. The summed E-state index contributed by atoms with van der Waals surface area (Å²) in [6, 6.07) is 8.59. The molecule has 0 bridgehead atoms. The van der Waals surface area contributed by atoms with Crippen LogP contribution in [0.2, 0.25) is 0 Å². The Hall–Kier alpha value is -1.90. The summed E-state index contributed by atoms with van der Waals surface area (Å²) in [5.41, 5.74) is 1.72. The highest BCUT2D eigenvalue weighted by Crippen LogP contribution is 2.35. The van der Waals surface area contributed by atoms with Crippen molar-refractivity contribution in [2.75, 3.05) is 12.0 Å². The number of carboxylic acids is 1. The van der Waals surface area contributed by atoms with Crippen molar-refractivity contribution in [1.29, 1.82) is 0 Å². The molecule has 2 heterocycles. The highest BCUT2D eigenvalue weighted by atomic mass is 32.2. The Kier molecular flexibility index (Phi) is 5.95. The monoisotopic (exact) mass is 404 g/mol. The molecule has 3 rings (SSSR count). The van der Waals surface area contributed by atoms with Crippen molar-refractivity contribution in [3.63, 3.8) is 0 Å². The van der Waals surface area contributed by atoms with Crippen LogP contribution in [0.1, 0.15) is 12.0 Å².